The average molecular weight is 1150 g/mol. The van der Waals surface area contributed by atoms with Crippen molar-refractivity contribution in [3.63, 3.8) is 0 Å². The normalized spacial score (nSPS) is 22.1. The van der Waals surface area contributed by atoms with E-state index in [-0.39, 0.29) is 75.7 Å². The summed E-state index contributed by atoms with van der Waals surface area (Å²) in [5, 5.41) is 22.3. The zero-order valence-electron chi connectivity index (χ0n) is 44.8. The predicted octanol–water partition coefficient (Wildman–Crippen LogP) is -2.40. The SMILES string of the molecule is CC(=O)N[C@@H](CCCN=C(N)N)C(=O)N[C@H]1CSSC(C)(C)[C@@H](C(N)=O)NC(=O)[C@H](Cc2c[nH]c3ccccc23)NC(=O)[C@H](CCCN=C(N)N)NC(=O)[C@@H](Cc2ccccc2)NC(=O)[C@H](Cc2cnc[nH]2)NC(=O)[C@@H](C)NC1=O. The lowest BCUT2D eigenvalue weighted by molar-refractivity contribution is -0.135. The van der Waals surface area contributed by atoms with E-state index in [0.717, 1.165) is 32.5 Å². The Kier molecular flexibility index (Phi) is 23.5. The number of hydrogen-bond donors (Lipinski definition) is 15. The van der Waals surface area contributed by atoms with Crippen molar-refractivity contribution in [3.8, 4) is 0 Å². The van der Waals surface area contributed by atoms with Gasteiger partial charge in [-0.15, -0.1) is 0 Å². The van der Waals surface area contributed by atoms with Crippen LogP contribution in [0.25, 0.3) is 10.9 Å². The van der Waals surface area contributed by atoms with E-state index < -0.39 is 106 Å². The Morgan fingerprint density at radius 3 is 1.94 bits per heavy atom. The van der Waals surface area contributed by atoms with Gasteiger partial charge in [-0.1, -0.05) is 70.1 Å². The monoisotopic (exact) mass is 1140 g/mol. The highest BCUT2D eigenvalue weighted by atomic mass is 33.1. The Labute approximate surface area is 469 Å². The zero-order valence-corrected chi connectivity index (χ0v) is 46.5. The van der Waals surface area contributed by atoms with Crippen LogP contribution in [-0.2, 0) is 62.4 Å². The number of benzene rings is 2. The van der Waals surface area contributed by atoms with Crippen LogP contribution in [0.1, 0.15) is 70.2 Å². The van der Waals surface area contributed by atoms with Gasteiger partial charge in [-0.3, -0.25) is 53.1 Å². The molecule has 27 nitrogen and oxygen atoms in total. The van der Waals surface area contributed by atoms with Crippen LogP contribution in [-0.4, -0.2) is 152 Å². The summed E-state index contributed by atoms with van der Waals surface area (Å²) in [5.41, 5.74) is 30.5. The molecule has 0 spiro atoms. The number of aromatic nitrogens is 3. The number of aromatic amines is 2. The third kappa shape index (κ3) is 19.5. The number of nitrogens with zero attached hydrogens (tertiary/aromatic N) is 3. The van der Waals surface area contributed by atoms with Crippen LogP contribution in [0.5, 0.6) is 0 Å². The number of imidazole rings is 1. The van der Waals surface area contributed by atoms with Gasteiger partial charge in [-0.2, -0.15) is 0 Å². The smallest absolute Gasteiger partial charge is 0.244 e. The standard InChI is InChI=1S/C51H72N18O9S2/c1-27-42(72)65-38(22-31-24-57-26-61-31)46(76)66-36(20-29-12-6-5-7-13-29)45(75)64-35(17-11-19-59-50(55)56)44(74)67-37(21-30-23-60-33-15-9-8-14-32(30)33)47(77)69-40(41(52)71)51(3,4)80-79-25-39(48(78)62-27)68-43(73)34(63-28(2)70)16-10-18-58-49(53)54/h5-9,12-15,23-24,26-27,34-40,60H,10-11,16-22,25H2,1-4H3,(H2,52,71)(H,57,61)(H,62,78)(H,63,70)(H,64,75)(H,65,72)(H,66,76)(H,67,74)(H,68,73)(H,69,77)(H4,53,54,58)(H4,55,56,59)/t27-,34+,35+,36-,37+,38+,39+,40-/m1/s1. The quantitative estimate of drug-likeness (QED) is 0.0214. The average Bonchev–Trinajstić information content (AvgIpc) is 4.09. The van der Waals surface area contributed by atoms with Crippen LogP contribution >= 0.6 is 21.6 Å². The fourth-order valence-corrected chi connectivity index (χ4v) is 11.3. The first-order valence-corrected chi connectivity index (χ1v) is 28.0. The van der Waals surface area contributed by atoms with Gasteiger partial charge in [0.15, 0.2) is 11.9 Å². The molecule has 0 radical (unpaired) electrons. The molecule has 80 heavy (non-hydrogen) atoms. The maximum Gasteiger partial charge on any atom is 0.244 e. The van der Waals surface area contributed by atoms with Gasteiger partial charge in [0, 0.05) is 78.8 Å². The molecule has 0 bridgehead atoms. The highest BCUT2D eigenvalue weighted by molar-refractivity contribution is 8.77. The summed E-state index contributed by atoms with van der Waals surface area (Å²) in [6.45, 7) is 5.97. The molecule has 0 aliphatic carbocycles. The third-order valence-electron chi connectivity index (χ3n) is 12.6. The van der Waals surface area contributed by atoms with Crippen molar-refractivity contribution in [2.75, 3.05) is 18.8 Å². The van der Waals surface area contributed by atoms with Crippen molar-refractivity contribution in [1.82, 2.24) is 57.5 Å². The second kappa shape index (κ2) is 30.1. The second-order valence-corrected chi connectivity index (χ2v) is 22.5. The number of carbonyl (C=O) groups excluding carboxylic acids is 9. The Bertz CT molecular complexity index is 2860. The molecule has 8 atom stereocenters. The van der Waals surface area contributed by atoms with Crippen molar-refractivity contribution in [3.05, 3.63) is 90.1 Å². The van der Waals surface area contributed by atoms with Gasteiger partial charge in [0.1, 0.15) is 48.3 Å². The summed E-state index contributed by atoms with van der Waals surface area (Å²) in [5.74, 6) is -7.87. The molecule has 5 rings (SSSR count). The Hall–Kier alpha value is -8.34. The molecule has 1 aliphatic rings. The van der Waals surface area contributed by atoms with Crippen molar-refractivity contribution in [2.45, 2.75) is 126 Å². The predicted molar refractivity (Wildman–Crippen MR) is 304 cm³/mol. The van der Waals surface area contributed by atoms with Crippen molar-refractivity contribution >= 4 is 97.6 Å². The molecule has 1 aliphatic heterocycles. The maximum absolute atomic E-state index is 14.8. The number of fused-ring (bicyclic) bond motifs is 1. The molecule has 29 heteroatoms. The highest BCUT2D eigenvalue weighted by Crippen LogP contribution is 2.38. The molecule has 1 fully saturated rings. The van der Waals surface area contributed by atoms with Gasteiger partial charge in [0.05, 0.1) is 6.33 Å². The van der Waals surface area contributed by atoms with E-state index in [4.69, 9.17) is 28.7 Å². The van der Waals surface area contributed by atoms with Crippen LogP contribution < -0.4 is 71.2 Å². The van der Waals surface area contributed by atoms with E-state index in [1.54, 1.807) is 56.4 Å². The van der Waals surface area contributed by atoms with E-state index in [1.165, 1.54) is 26.4 Å². The number of amides is 9. The third-order valence-corrected chi connectivity index (χ3v) is 15.9. The minimum atomic E-state index is -1.44. The van der Waals surface area contributed by atoms with Gasteiger partial charge in [0.2, 0.25) is 53.2 Å². The van der Waals surface area contributed by atoms with E-state index in [0.29, 0.717) is 16.8 Å². The van der Waals surface area contributed by atoms with Crippen LogP contribution in [0.4, 0.5) is 0 Å². The lowest BCUT2D eigenvalue weighted by Crippen LogP contribution is -2.61. The lowest BCUT2D eigenvalue weighted by atomic mass is 9.99. The van der Waals surface area contributed by atoms with Gasteiger partial charge in [-0.25, -0.2) is 4.98 Å². The number of nitrogens with one attached hydrogen (secondary N) is 10. The number of H-pyrrole nitrogens is 2. The number of para-hydroxylation sites is 1. The van der Waals surface area contributed by atoms with Gasteiger partial charge in [0.25, 0.3) is 0 Å². The summed E-state index contributed by atoms with van der Waals surface area (Å²) in [4.78, 5) is 145. The molecule has 0 unspecified atom stereocenters. The van der Waals surface area contributed by atoms with Crippen LogP contribution in [0.3, 0.4) is 0 Å². The Morgan fingerprint density at radius 1 is 0.713 bits per heavy atom. The maximum atomic E-state index is 14.8. The molecule has 0 saturated carbocycles. The van der Waals surface area contributed by atoms with E-state index in [1.807, 2.05) is 18.2 Å². The molecule has 1 saturated heterocycles. The fourth-order valence-electron chi connectivity index (χ4n) is 8.49. The molecule has 3 heterocycles. The van der Waals surface area contributed by atoms with E-state index in [2.05, 4.69) is 67.5 Å². The topological polar surface area (TPSA) is 449 Å². The van der Waals surface area contributed by atoms with Gasteiger partial charge in [-0.05, 0) is 63.6 Å². The summed E-state index contributed by atoms with van der Waals surface area (Å²) >= 11 is 0. The molecule has 20 N–H and O–H groups in total. The molecular formula is C51H72N18O9S2. The van der Waals surface area contributed by atoms with Crippen molar-refractivity contribution in [1.29, 1.82) is 0 Å². The van der Waals surface area contributed by atoms with Crippen LogP contribution in [0.15, 0.2) is 83.3 Å². The van der Waals surface area contributed by atoms with Gasteiger partial charge < -0.3 is 81.2 Å². The van der Waals surface area contributed by atoms with Crippen molar-refractivity contribution < 1.29 is 43.2 Å². The molecular weight excluding hydrogens is 1070 g/mol. The van der Waals surface area contributed by atoms with Crippen molar-refractivity contribution in [2.24, 2.45) is 38.7 Å². The number of aliphatic imine (C=N–C) groups is 2. The second-order valence-electron chi connectivity index (χ2n) is 19.5. The lowest BCUT2D eigenvalue weighted by Gasteiger charge is -2.33. The number of primary amides is 1. The molecule has 4 aromatic rings. The summed E-state index contributed by atoms with van der Waals surface area (Å²) in [6, 6.07) is 4.99. The number of carbonyl (C=O) groups is 9. The first kappa shape index (κ1) is 62.5. The minimum Gasteiger partial charge on any atom is -0.370 e. The van der Waals surface area contributed by atoms with E-state index >= 15 is 0 Å². The number of hydrogen-bond acceptors (Lipinski definition) is 14. The molecule has 432 valence electrons. The first-order chi connectivity index (χ1) is 38.0. The first-order valence-electron chi connectivity index (χ1n) is 25.7. The molecule has 2 aromatic carbocycles. The van der Waals surface area contributed by atoms with Crippen LogP contribution in [0.2, 0.25) is 0 Å². The summed E-state index contributed by atoms with van der Waals surface area (Å²) < 4.78 is -1.28. The summed E-state index contributed by atoms with van der Waals surface area (Å²) in [7, 11) is 2.05. The largest absolute Gasteiger partial charge is 0.370 e. The Balaban J connectivity index is 1.59. The van der Waals surface area contributed by atoms with E-state index in [9.17, 15) is 43.2 Å². The number of nitrogens with two attached hydrogens (primary N) is 5. The molecule has 9 amide bonds. The fraction of sp³-hybridized carbons (Fsp3) is 0.451. The highest BCUT2D eigenvalue weighted by Gasteiger charge is 2.40. The minimum absolute atomic E-state index is 0.0524. The summed E-state index contributed by atoms with van der Waals surface area (Å²) in [6.07, 6.45) is 4.49. The number of rotatable bonds is 18. The number of guanidine groups is 2. The Morgan fingerprint density at radius 2 is 1.30 bits per heavy atom. The van der Waals surface area contributed by atoms with Crippen LogP contribution in [0, 0.1) is 0 Å². The van der Waals surface area contributed by atoms with Gasteiger partial charge >= 0.3 is 0 Å². The zero-order chi connectivity index (χ0) is 58.5. The molecule has 2 aromatic heterocycles.